The van der Waals surface area contributed by atoms with Gasteiger partial charge in [-0.25, -0.2) is 0 Å². The van der Waals surface area contributed by atoms with Crippen LogP contribution >= 0.6 is 0 Å². The molecule has 0 fully saturated rings. The summed E-state index contributed by atoms with van der Waals surface area (Å²) in [7, 11) is 0. The van der Waals surface area contributed by atoms with E-state index in [4.69, 9.17) is 20.4 Å². The molecule has 4 N–H and O–H groups in total. The topological polar surface area (TPSA) is 149 Å². The van der Waals surface area contributed by atoms with Crippen molar-refractivity contribution in [3.63, 3.8) is 0 Å². The van der Waals surface area contributed by atoms with Crippen LogP contribution in [0.25, 0.3) is 0 Å². The molecule has 0 saturated carbocycles. The molecule has 0 amide bonds. The highest BCUT2D eigenvalue weighted by atomic mass is 16.4. The molecule has 1 rings (SSSR count). The van der Waals surface area contributed by atoms with Crippen LogP contribution in [0.5, 0.6) is 0 Å². The van der Waals surface area contributed by atoms with Gasteiger partial charge in [0.25, 0.3) is 0 Å². The van der Waals surface area contributed by atoms with Crippen molar-refractivity contribution in [2.75, 3.05) is 0 Å². The molecule has 1 aliphatic rings. The lowest BCUT2D eigenvalue weighted by Gasteiger charge is -2.40. The predicted octanol–water partition coefficient (Wildman–Crippen LogP) is 30.3. The number of hydrogen-bond acceptors (Lipinski definition) is 4. The van der Waals surface area contributed by atoms with Crippen molar-refractivity contribution in [3.8, 4) is 0 Å². The lowest BCUT2D eigenvalue weighted by molar-refractivity contribution is -0.138. The Balaban J connectivity index is -0.00000143. The fourth-order valence-corrected chi connectivity index (χ4v) is 14.5. The molecule has 7 atom stereocenters. The van der Waals surface area contributed by atoms with Crippen LogP contribution in [0.2, 0.25) is 0 Å². The zero-order valence-electron chi connectivity index (χ0n) is 66.5. The molecular weight excluding hydrogens is 1230 g/mol. The highest BCUT2D eigenvalue weighted by Crippen LogP contribution is 2.44. The van der Waals surface area contributed by atoms with Gasteiger partial charge in [0.1, 0.15) is 0 Å². The van der Waals surface area contributed by atoms with Crippen molar-refractivity contribution in [3.05, 3.63) is 84.6 Å². The molecule has 100 heavy (non-hydrogen) atoms. The van der Waals surface area contributed by atoms with Crippen molar-refractivity contribution >= 4 is 23.9 Å². The molecule has 0 aromatic carbocycles. The van der Waals surface area contributed by atoms with E-state index >= 15 is 0 Å². The first-order valence-electron chi connectivity index (χ1n) is 42.8. The summed E-state index contributed by atoms with van der Waals surface area (Å²) in [5.41, 5.74) is 1.70. The summed E-state index contributed by atoms with van der Waals surface area (Å²) in [6, 6.07) is 0. The Labute approximate surface area is 621 Å². The highest BCUT2D eigenvalue weighted by molar-refractivity contribution is 5.67. The van der Waals surface area contributed by atoms with Crippen LogP contribution < -0.4 is 0 Å². The summed E-state index contributed by atoms with van der Waals surface area (Å²) < 4.78 is 0. The SMILES string of the molecule is C.CC=CCC1C(CCCCCCCCC(=O)O)C=CC(CCCCC)C1CCCCC.CCCCCC(C=CC=CCCCCCCCC(=O)O)C(C=CC=CCCCCCCCC(=O)O)CCCCC.CCCCCCCCC=C(CCCCCCCC(=O)O)C(C)CCCCCC. The van der Waals surface area contributed by atoms with E-state index in [9.17, 15) is 19.2 Å². The van der Waals surface area contributed by atoms with E-state index in [1.807, 2.05) is 0 Å². The number of carboxylic acids is 4. The summed E-state index contributed by atoms with van der Waals surface area (Å²) in [6.07, 6.45) is 98.9. The van der Waals surface area contributed by atoms with E-state index in [2.05, 4.69) is 134 Å². The smallest absolute Gasteiger partial charge is 0.303 e. The molecule has 8 nitrogen and oxygen atoms in total. The van der Waals surface area contributed by atoms with Gasteiger partial charge in [-0.3, -0.25) is 19.2 Å². The lowest BCUT2D eigenvalue weighted by atomic mass is 9.65. The first-order chi connectivity index (χ1) is 48.3. The largest absolute Gasteiger partial charge is 0.481 e. The second-order valence-corrected chi connectivity index (χ2v) is 30.0. The highest BCUT2D eigenvalue weighted by Gasteiger charge is 2.34. The maximum Gasteiger partial charge on any atom is 0.303 e. The number of unbranched alkanes of at least 4 members (excludes halogenated alkanes) is 36. The minimum atomic E-state index is -0.683. The van der Waals surface area contributed by atoms with Crippen LogP contribution in [0.1, 0.15) is 435 Å². The van der Waals surface area contributed by atoms with Gasteiger partial charge in [0, 0.05) is 25.7 Å². The summed E-state index contributed by atoms with van der Waals surface area (Å²) in [4.78, 5) is 42.3. The number of carbonyl (C=O) groups is 4. The number of hydrogen-bond donors (Lipinski definition) is 4. The van der Waals surface area contributed by atoms with E-state index in [1.165, 1.54) is 270 Å². The number of aliphatic carboxylic acids is 4. The maximum atomic E-state index is 10.6. The molecule has 0 aliphatic heterocycles. The van der Waals surface area contributed by atoms with Crippen molar-refractivity contribution in [1.82, 2.24) is 0 Å². The van der Waals surface area contributed by atoms with Crippen molar-refractivity contribution < 1.29 is 39.6 Å². The van der Waals surface area contributed by atoms with Crippen LogP contribution in [0, 0.1) is 41.4 Å². The molecule has 0 radical (unpaired) electrons. The Morgan fingerprint density at radius 3 is 1.06 bits per heavy atom. The minimum absolute atomic E-state index is 0. The monoisotopic (exact) mass is 1400 g/mol. The van der Waals surface area contributed by atoms with E-state index in [-0.39, 0.29) is 7.43 Å². The Kier molecular flexibility index (Phi) is 79.4. The zero-order chi connectivity index (χ0) is 73.1. The fourth-order valence-electron chi connectivity index (χ4n) is 14.5. The first-order valence-corrected chi connectivity index (χ1v) is 42.8. The molecule has 584 valence electrons. The summed E-state index contributed by atoms with van der Waals surface area (Å²) in [5, 5.41) is 34.9. The van der Waals surface area contributed by atoms with Crippen LogP contribution in [0.4, 0.5) is 0 Å². The third-order valence-corrected chi connectivity index (χ3v) is 20.9. The van der Waals surface area contributed by atoms with Gasteiger partial charge >= 0.3 is 23.9 Å². The van der Waals surface area contributed by atoms with Crippen LogP contribution in [-0.2, 0) is 19.2 Å². The fraction of sp³-hybridized carbons (Fsp3) is 0.804. The van der Waals surface area contributed by atoms with E-state index in [1.54, 1.807) is 5.57 Å². The molecule has 8 heteroatoms. The van der Waals surface area contributed by atoms with Crippen molar-refractivity contribution in [2.24, 2.45) is 41.4 Å². The predicted molar refractivity (Wildman–Crippen MR) is 438 cm³/mol. The van der Waals surface area contributed by atoms with Gasteiger partial charge in [0.2, 0.25) is 0 Å². The first kappa shape index (κ1) is 100. The third-order valence-electron chi connectivity index (χ3n) is 20.9. The molecular formula is C92H168O8. The van der Waals surface area contributed by atoms with Gasteiger partial charge in [0.05, 0.1) is 0 Å². The van der Waals surface area contributed by atoms with Gasteiger partial charge in [-0.2, -0.15) is 0 Å². The number of rotatable bonds is 69. The normalized spacial score (nSPS) is 16.5. The molecule has 0 spiro atoms. The number of allylic oxidation sites excluding steroid dienone is 14. The summed E-state index contributed by atoms with van der Waals surface area (Å²) >= 11 is 0. The molecule has 0 heterocycles. The van der Waals surface area contributed by atoms with E-state index < -0.39 is 23.9 Å². The summed E-state index contributed by atoms with van der Waals surface area (Å²) in [6.45, 7) is 18.4. The van der Waals surface area contributed by atoms with Gasteiger partial charge < -0.3 is 20.4 Å². The summed E-state index contributed by atoms with van der Waals surface area (Å²) in [5.74, 6) is 2.45. The van der Waals surface area contributed by atoms with Crippen LogP contribution in [0.15, 0.2) is 84.6 Å². The maximum absolute atomic E-state index is 10.6. The molecule has 7 unspecified atom stereocenters. The van der Waals surface area contributed by atoms with E-state index in [0.717, 1.165) is 107 Å². The second-order valence-electron chi connectivity index (χ2n) is 30.0. The average molecular weight is 1400 g/mol. The van der Waals surface area contributed by atoms with Crippen LogP contribution in [0.3, 0.4) is 0 Å². The minimum Gasteiger partial charge on any atom is -0.481 e. The molecule has 0 saturated heterocycles. The van der Waals surface area contributed by atoms with Gasteiger partial charge in [-0.05, 0) is 170 Å². The molecule has 0 aromatic rings. The average Bonchev–Trinajstić information content (AvgIpc) is 0.819. The van der Waals surface area contributed by atoms with Crippen molar-refractivity contribution in [2.45, 2.75) is 435 Å². The van der Waals surface area contributed by atoms with Crippen molar-refractivity contribution in [1.29, 1.82) is 0 Å². The Morgan fingerprint density at radius 2 is 0.650 bits per heavy atom. The molecule has 1 aliphatic carbocycles. The van der Waals surface area contributed by atoms with E-state index in [0.29, 0.717) is 37.5 Å². The second kappa shape index (κ2) is 79.2. The Hall–Kier alpha value is -3.94. The van der Waals surface area contributed by atoms with Gasteiger partial charge in [-0.15, -0.1) is 0 Å². The van der Waals surface area contributed by atoms with Gasteiger partial charge in [0.15, 0.2) is 0 Å². The molecule has 0 aromatic heterocycles. The zero-order valence-corrected chi connectivity index (χ0v) is 66.5. The molecule has 0 bridgehead atoms. The number of carboxylic acid groups (broad SMARTS) is 4. The van der Waals surface area contributed by atoms with Gasteiger partial charge in [-0.1, -0.05) is 365 Å². The lowest BCUT2D eigenvalue weighted by Crippen LogP contribution is -2.31. The third kappa shape index (κ3) is 68.5. The van der Waals surface area contributed by atoms with Crippen LogP contribution in [-0.4, -0.2) is 44.3 Å². The quantitative estimate of drug-likeness (QED) is 0.0267. The Bertz CT molecular complexity index is 1950. The Morgan fingerprint density at radius 1 is 0.340 bits per heavy atom. The standard InChI is InChI=1S/C36H62O4.C29H52O2.C26H50O2.CH4/c1-3-5-21-27-33(29-23-17-13-9-7-11-15-19-25-31-35(37)38)34(28-22-6-4-2)30-24-18-14-10-8-12-16-20-26-32-36(39)40;1-4-7-14-18-25-23-24-26(19-16-12-10-11-13-17-22-29(30)31)27(20-9-6-3)28(25)21-15-8-5-2;1-4-6-8-10-11-13-17-21-25(24(3)20-16-9-7-5-2)22-18-14-12-15-19-23-26(27)28;/h13-14,17-18,23-24,29-30,33-34H,3-12,15-16,19-22,25-28,31-32H2,1-2H3,(H,37,38)(H,39,40);6,9,23-28H,4-5,7-8,10-22H2,1-3H3,(H,30,31);21,24H,4-20,22-23H2,1-3H3,(H,27,28);1H4.